The van der Waals surface area contributed by atoms with Crippen molar-refractivity contribution in [1.29, 1.82) is 0 Å². The lowest BCUT2D eigenvalue weighted by molar-refractivity contribution is 0.172. The molecule has 2 aliphatic rings. The van der Waals surface area contributed by atoms with Crippen molar-refractivity contribution in [3.05, 3.63) is 29.3 Å². The van der Waals surface area contributed by atoms with Gasteiger partial charge in [-0.15, -0.1) is 0 Å². The Labute approximate surface area is 128 Å². The Bertz CT molecular complexity index is 468. The molecule has 1 aromatic rings. The second kappa shape index (κ2) is 6.80. The molecular formula is C18H28N2O. The number of fused-ring (bicyclic) bond motifs is 1. The number of benzene rings is 1. The first-order valence-corrected chi connectivity index (χ1v) is 8.47. The fourth-order valence-corrected chi connectivity index (χ4v) is 3.92. The van der Waals surface area contributed by atoms with E-state index in [1.807, 2.05) is 0 Å². The van der Waals surface area contributed by atoms with E-state index in [2.05, 4.69) is 35.3 Å². The van der Waals surface area contributed by atoms with Crippen LogP contribution in [0, 0.1) is 0 Å². The number of methoxy groups -OCH3 is 1. The standard InChI is InChI=1S/C18H28N2O/c1-3-10-19-18-16-8-7-15(21-2)13-14(16)6-9-17(18)20-11-4-5-12-20/h7-8,13,17-19H,3-6,9-12H2,1-2H3. The van der Waals surface area contributed by atoms with E-state index in [9.17, 15) is 0 Å². The molecule has 1 aliphatic heterocycles. The number of ether oxygens (including phenoxy) is 1. The van der Waals surface area contributed by atoms with E-state index >= 15 is 0 Å². The average Bonchev–Trinajstić information content (AvgIpc) is 3.06. The summed E-state index contributed by atoms with van der Waals surface area (Å²) in [6, 6.07) is 7.78. The van der Waals surface area contributed by atoms with Crippen LogP contribution in [0.15, 0.2) is 18.2 Å². The Morgan fingerprint density at radius 2 is 2.10 bits per heavy atom. The zero-order chi connectivity index (χ0) is 14.7. The first-order valence-electron chi connectivity index (χ1n) is 8.47. The third-order valence-electron chi connectivity index (χ3n) is 5.00. The van der Waals surface area contributed by atoms with E-state index < -0.39 is 0 Å². The van der Waals surface area contributed by atoms with Gasteiger partial charge in [-0.2, -0.15) is 0 Å². The molecule has 1 saturated heterocycles. The first kappa shape index (κ1) is 14.9. The fraction of sp³-hybridized carbons (Fsp3) is 0.667. The second-order valence-electron chi connectivity index (χ2n) is 6.35. The lowest BCUT2D eigenvalue weighted by Crippen LogP contribution is -2.46. The number of hydrogen-bond acceptors (Lipinski definition) is 3. The molecule has 3 rings (SSSR count). The normalized spacial score (nSPS) is 25.8. The van der Waals surface area contributed by atoms with Crippen LogP contribution in [0.4, 0.5) is 0 Å². The van der Waals surface area contributed by atoms with E-state index in [0.717, 1.165) is 12.3 Å². The molecule has 1 aliphatic carbocycles. The maximum absolute atomic E-state index is 5.39. The molecule has 2 unspecified atom stereocenters. The van der Waals surface area contributed by atoms with Gasteiger partial charge in [-0.3, -0.25) is 4.90 Å². The van der Waals surface area contributed by atoms with Crippen LogP contribution in [-0.4, -0.2) is 37.7 Å². The molecule has 0 aromatic heterocycles. The minimum Gasteiger partial charge on any atom is -0.497 e. The summed E-state index contributed by atoms with van der Waals surface area (Å²) >= 11 is 0. The van der Waals surface area contributed by atoms with Crippen LogP contribution in [0.2, 0.25) is 0 Å². The predicted molar refractivity (Wildman–Crippen MR) is 86.9 cm³/mol. The van der Waals surface area contributed by atoms with Crippen LogP contribution < -0.4 is 10.1 Å². The van der Waals surface area contributed by atoms with Crippen molar-refractivity contribution in [3.63, 3.8) is 0 Å². The van der Waals surface area contributed by atoms with Gasteiger partial charge in [0.1, 0.15) is 5.75 Å². The van der Waals surface area contributed by atoms with Gasteiger partial charge in [0.05, 0.1) is 7.11 Å². The monoisotopic (exact) mass is 288 g/mol. The predicted octanol–water partition coefficient (Wildman–Crippen LogP) is 3.15. The Morgan fingerprint density at radius 1 is 1.29 bits per heavy atom. The molecule has 2 atom stereocenters. The van der Waals surface area contributed by atoms with E-state index in [1.165, 1.54) is 56.3 Å². The highest BCUT2D eigenvalue weighted by molar-refractivity contribution is 5.40. The molecular weight excluding hydrogens is 260 g/mol. The minimum atomic E-state index is 0.484. The van der Waals surface area contributed by atoms with Gasteiger partial charge >= 0.3 is 0 Å². The fourth-order valence-electron chi connectivity index (χ4n) is 3.92. The summed E-state index contributed by atoms with van der Waals surface area (Å²) in [5.74, 6) is 0.989. The molecule has 0 radical (unpaired) electrons. The maximum Gasteiger partial charge on any atom is 0.119 e. The number of likely N-dealkylation sites (tertiary alicyclic amines) is 1. The number of hydrogen-bond donors (Lipinski definition) is 1. The van der Waals surface area contributed by atoms with Crippen LogP contribution >= 0.6 is 0 Å². The van der Waals surface area contributed by atoms with Crippen LogP contribution in [-0.2, 0) is 6.42 Å². The van der Waals surface area contributed by atoms with Crippen LogP contribution in [0.1, 0.15) is 49.8 Å². The Morgan fingerprint density at radius 3 is 2.81 bits per heavy atom. The zero-order valence-corrected chi connectivity index (χ0v) is 13.4. The summed E-state index contributed by atoms with van der Waals surface area (Å²) in [5.41, 5.74) is 2.96. The molecule has 1 heterocycles. The van der Waals surface area contributed by atoms with Gasteiger partial charge < -0.3 is 10.1 Å². The largest absolute Gasteiger partial charge is 0.497 e. The number of rotatable bonds is 5. The van der Waals surface area contributed by atoms with Crippen LogP contribution in [0.25, 0.3) is 0 Å². The van der Waals surface area contributed by atoms with Crippen molar-refractivity contribution in [2.24, 2.45) is 0 Å². The van der Waals surface area contributed by atoms with E-state index in [-0.39, 0.29) is 0 Å². The molecule has 1 aromatic carbocycles. The molecule has 0 spiro atoms. The summed E-state index contributed by atoms with van der Waals surface area (Å²) < 4.78 is 5.39. The second-order valence-corrected chi connectivity index (χ2v) is 6.35. The minimum absolute atomic E-state index is 0.484. The Hall–Kier alpha value is -1.06. The maximum atomic E-state index is 5.39. The van der Waals surface area contributed by atoms with E-state index in [0.29, 0.717) is 12.1 Å². The van der Waals surface area contributed by atoms with Gasteiger partial charge in [0.2, 0.25) is 0 Å². The van der Waals surface area contributed by atoms with Crippen molar-refractivity contribution in [2.75, 3.05) is 26.7 Å². The Balaban J connectivity index is 1.86. The highest BCUT2D eigenvalue weighted by Crippen LogP contribution is 2.36. The molecule has 0 saturated carbocycles. The molecule has 1 N–H and O–H groups in total. The molecule has 1 fully saturated rings. The first-order chi connectivity index (χ1) is 10.3. The van der Waals surface area contributed by atoms with Crippen molar-refractivity contribution < 1.29 is 4.74 Å². The topological polar surface area (TPSA) is 24.5 Å². The third kappa shape index (κ3) is 3.09. The van der Waals surface area contributed by atoms with Crippen LogP contribution in [0.3, 0.4) is 0 Å². The molecule has 0 bridgehead atoms. The third-order valence-corrected chi connectivity index (χ3v) is 5.00. The molecule has 0 amide bonds. The SMILES string of the molecule is CCCNC1c2ccc(OC)cc2CCC1N1CCCC1. The van der Waals surface area contributed by atoms with Crippen molar-refractivity contribution in [2.45, 2.75) is 51.1 Å². The van der Waals surface area contributed by atoms with Crippen molar-refractivity contribution in [1.82, 2.24) is 10.2 Å². The molecule has 3 nitrogen and oxygen atoms in total. The number of nitrogens with one attached hydrogen (secondary N) is 1. The van der Waals surface area contributed by atoms with Gasteiger partial charge in [-0.05, 0) is 75.0 Å². The van der Waals surface area contributed by atoms with Gasteiger partial charge in [0.15, 0.2) is 0 Å². The smallest absolute Gasteiger partial charge is 0.119 e. The summed E-state index contributed by atoms with van der Waals surface area (Å²) in [6.07, 6.45) is 6.37. The van der Waals surface area contributed by atoms with E-state index in [1.54, 1.807) is 7.11 Å². The summed E-state index contributed by atoms with van der Waals surface area (Å²) in [5, 5.41) is 3.81. The highest BCUT2D eigenvalue weighted by Gasteiger charge is 2.34. The summed E-state index contributed by atoms with van der Waals surface area (Å²) in [7, 11) is 1.75. The van der Waals surface area contributed by atoms with Crippen LogP contribution in [0.5, 0.6) is 5.75 Å². The van der Waals surface area contributed by atoms with E-state index in [4.69, 9.17) is 4.74 Å². The summed E-state index contributed by atoms with van der Waals surface area (Å²) in [4.78, 5) is 2.71. The average molecular weight is 288 g/mol. The molecule has 3 heteroatoms. The number of aryl methyl sites for hydroxylation is 1. The lowest BCUT2D eigenvalue weighted by Gasteiger charge is -2.40. The lowest BCUT2D eigenvalue weighted by atomic mass is 9.83. The van der Waals surface area contributed by atoms with Gasteiger partial charge in [-0.1, -0.05) is 13.0 Å². The quantitative estimate of drug-likeness (QED) is 0.901. The molecule has 21 heavy (non-hydrogen) atoms. The molecule has 116 valence electrons. The van der Waals surface area contributed by atoms with Gasteiger partial charge in [0, 0.05) is 12.1 Å². The zero-order valence-electron chi connectivity index (χ0n) is 13.4. The van der Waals surface area contributed by atoms with Crippen molar-refractivity contribution >= 4 is 0 Å². The Kier molecular flexibility index (Phi) is 4.81. The van der Waals surface area contributed by atoms with Gasteiger partial charge in [-0.25, -0.2) is 0 Å². The highest BCUT2D eigenvalue weighted by atomic mass is 16.5. The number of nitrogens with zero attached hydrogens (tertiary/aromatic N) is 1. The van der Waals surface area contributed by atoms with Gasteiger partial charge in [0.25, 0.3) is 0 Å². The van der Waals surface area contributed by atoms with Crippen molar-refractivity contribution in [3.8, 4) is 5.75 Å². The summed E-state index contributed by atoms with van der Waals surface area (Å²) in [6.45, 7) is 5.90.